The van der Waals surface area contributed by atoms with Crippen molar-refractivity contribution in [1.29, 1.82) is 0 Å². The lowest BCUT2D eigenvalue weighted by molar-refractivity contribution is -0.120. The van der Waals surface area contributed by atoms with E-state index in [1.54, 1.807) is 11.4 Å². The van der Waals surface area contributed by atoms with Crippen LogP contribution in [-0.4, -0.2) is 38.0 Å². The molecule has 0 atom stereocenters. The molecule has 0 saturated heterocycles. The van der Waals surface area contributed by atoms with Gasteiger partial charge >= 0.3 is 0 Å². The van der Waals surface area contributed by atoms with E-state index < -0.39 is 0 Å². The van der Waals surface area contributed by atoms with E-state index in [9.17, 15) is 9.59 Å². The van der Waals surface area contributed by atoms with E-state index in [2.05, 4.69) is 47.6 Å². The minimum Gasteiger partial charge on any atom is -0.370 e. The molecule has 6 heteroatoms. The predicted molar refractivity (Wildman–Crippen MR) is 103 cm³/mol. The molecule has 1 aromatic carbocycles. The average molecular weight is 359 g/mol. The standard InChI is InChI=1S/C19H25N3O2S/c1-3-22(17-6-4-5-15(2)13-17)11-10-20-18(23)7-9-21-19(24)16-8-12-25-14-16/h4-6,8,12-14H,3,7,9-11H2,1-2H3,(H,20,23)(H,21,24). The number of carbonyl (C=O) groups is 2. The van der Waals surface area contributed by atoms with Crippen LogP contribution in [-0.2, 0) is 4.79 Å². The molecule has 134 valence electrons. The summed E-state index contributed by atoms with van der Waals surface area (Å²) in [5.74, 6) is -0.184. The first-order valence-corrected chi connectivity index (χ1v) is 9.43. The fourth-order valence-corrected chi connectivity index (χ4v) is 3.13. The Bertz CT molecular complexity index is 686. The van der Waals surface area contributed by atoms with E-state index in [0.29, 0.717) is 18.7 Å². The molecule has 0 aliphatic rings. The highest BCUT2D eigenvalue weighted by atomic mass is 32.1. The van der Waals surface area contributed by atoms with Gasteiger partial charge in [0.25, 0.3) is 5.91 Å². The SMILES string of the molecule is CCN(CCNC(=O)CCNC(=O)c1ccsc1)c1cccc(C)c1. The number of anilines is 1. The maximum atomic E-state index is 11.9. The van der Waals surface area contributed by atoms with Gasteiger partial charge < -0.3 is 15.5 Å². The number of rotatable bonds is 9. The highest BCUT2D eigenvalue weighted by Gasteiger charge is 2.08. The van der Waals surface area contributed by atoms with Crippen LogP contribution in [0.25, 0.3) is 0 Å². The van der Waals surface area contributed by atoms with Gasteiger partial charge in [0.2, 0.25) is 5.91 Å². The second kappa shape index (κ2) is 9.84. The van der Waals surface area contributed by atoms with Crippen molar-refractivity contribution in [2.45, 2.75) is 20.3 Å². The number of aryl methyl sites for hydroxylation is 1. The van der Waals surface area contributed by atoms with Crippen LogP contribution in [0.4, 0.5) is 5.69 Å². The molecule has 2 amide bonds. The number of nitrogens with one attached hydrogen (secondary N) is 2. The van der Waals surface area contributed by atoms with Crippen LogP contribution in [0, 0.1) is 6.92 Å². The summed E-state index contributed by atoms with van der Waals surface area (Å²) in [5.41, 5.74) is 3.03. The quantitative estimate of drug-likeness (QED) is 0.724. The highest BCUT2D eigenvalue weighted by molar-refractivity contribution is 7.08. The second-order valence-electron chi connectivity index (χ2n) is 5.79. The van der Waals surface area contributed by atoms with Crippen LogP contribution in [0.2, 0.25) is 0 Å². The van der Waals surface area contributed by atoms with Gasteiger partial charge in [0.1, 0.15) is 0 Å². The van der Waals surface area contributed by atoms with Gasteiger partial charge in [-0.15, -0.1) is 0 Å². The van der Waals surface area contributed by atoms with Gasteiger partial charge in [-0.25, -0.2) is 0 Å². The molecule has 5 nitrogen and oxygen atoms in total. The number of hydrogen-bond acceptors (Lipinski definition) is 4. The zero-order valence-electron chi connectivity index (χ0n) is 14.7. The zero-order chi connectivity index (χ0) is 18.1. The molecule has 0 bridgehead atoms. The minimum atomic E-state index is -0.134. The van der Waals surface area contributed by atoms with Crippen molar-refractivity contribution in [3.63, 3.8) is 0 Å². The van der Waals surface area contributed by atoms with Crippen LogP contribution in [0.15, 0.2) is 41.1 Å². The molecule has 0 radical (unpaired) electrons. The third-order valence-corrected chi connectivity index (χ3v) is 4.56. The predicted octanol–water partition coefficient (Wildman–Crippen LogP) is 2.82. The van der Waals surface area contributed by atoms with Gasteiger partial charge in [-0.3, -0.25) is 9.59 Å². The van der Waals surface area contributed by atoms with Crippen molar-refractivity contribution >= 4 is 28.8 Å². The Balaban J connectivity index is 1.66. The molecule has 0 spiro atoms. The minimum absolute atomic E-state index is 0.0501. The van der Waals surface area contributed by atoms with Crippen molar-refractivity contribution in [2.24, 2.45) is 0 Å². The molecule has 25 heavy (non-hydrogen) atoms. The average Bonchev–Trinajstić information content (AvgIpc) is 3.13. The van der Waals surface area contributed by atoms with E-state index in [-0.39, 0.29) is 18.2 Å². The first-order chi connectivity index (χ1) is 12.1. The van der Waals surface area contributed by atoms with Crippen molar-refractivity contribution in [3.05, 3.63) is 52.2 Å². The molecule has 0 fully saturated rings. The summed E-state index contributed by atoms with van der Waals surface area (Å²) in [5, 5.41) is 9.31. The second-order valence-corrected chi connectivity index (χ2v) is 6.57. The Morgan fingerprint density at radius 1 is 1.16 bits per heavy atom. The highest BCUT2D eigenvalue weighted by Crippen LogP contribution is 2.14. The lowest BCUT2D eigenvalue weighted by Gasteiger charge is -2.23. The summed E-state index contributed by atoms with van der Waals surface area (Å²) in [6.07, 6.45) is 0.284. The molecular weight excluding hydrogens is 334 g/mol. The molecule has 0 aliphatic carbocycles. The van der Waals surface area contributed by atoms with E-state index >= 15 is 0 Å². The van der Waals surface area contributed by atoms with E-state index in [4.69, 9.17) is 0 Å². The molecule has 1 heterocycles. The Morgan fingerprint density at radius 2 is 2.00 bits per heavy atom. The number of hydrogen-bond donors (Lipinski definition) is 2. The first-order valence-electron chi connectivity index (χ1n) is 8.49. The maximum Gasteiger partial charge on any atom is 0.252 e. The van der Waals surface area contributed by atoms with Crippen molar-refractivity contribution < 1.29 is 9.59 Å². The summed E-state index contributed by atoms with van der Waals surface area (Å²) in [7, 11) is 0. The van der Waals surface area contributed by atoms with E-state index in [0.717, 1.165) is 13.1 Å². The molecule has 2 aromatic rings. The van der Waals surface area contributed by atoms with Crippen LogP contribution in [0.5, 0.6) is 0 Å². The molecule has 0 unspecified atom stereocenters. The van der Waals surface area contributed by atoms with Crippen LogP contribution >= 0.6 is 11.3 Å². The third kappa shape index (κ3) is 6.23. The Labute approximate surface area is 153 Å². The van der Waals surface area contributed by atoms with Gasteiger partial charge in [-0.2, -0.15) is 11.3 Å². The van der Waals surface area contributed by atoms with Gasteiger partial charge in [0.15, 0.2) is 0 Å². The lowest BCUT2D eigenvalue weighted by Crippen LogP contribution is -2.36. The van der Waals surface area contributed by atoms with Crippen LogP contribution < -0.4 is 15.5 Å². The van der Waals surface area contributed by atoms with Crippen LogP contribution in [0.1, 0.15) is 29.3 Å². The van der Waals surface area contributed by atoms with Crippen molar-refractivity contribution in [3.8, 4) is 0 Å². The fourth-order valence-electron chi connectivity index (χ4n) is 2.50. The summed E-state index contributed by atoms with van der Waals surface area (Å²) in [4.78, 5) is 25.9. The lowest BCUT2D eigenvalue weighted by atomic mass is 10.2. The Morgan fingerprint density at radius 3 is 2.68 bits per heavy atom. The van der Waals surface area contributed by atoms with Crippen molar-refractivity contribution in [2.75, 3.05) is 31.1 Å². The van der Waals surface area contributed by atoms with Gasteiger partial charge in [-0.1, -0.05) is 12.1 Å². The first kappa shape index (κ1) is 19.0. The number of benzene rings is 1. The Kier molecular flexibility index (Phi) is 7.47. The number of carbonyl (C=O) groups excluding carboxylic acids is 2. The molecule has 2 rings (SSSR count). The summed E-state index contributed by atoms with van der Waals surface area (Å²) < 4.78 is 0. The monoisotopic (exact) mass is 359 g/mol. The van der Waals surface area contributed by atoms with Gasteiger partial charge in [0, 0.05) is 49.2 Å². The summed E-state index contributed by atoms with van der Waals surface area (Å²) >= 11 is 1.48. The number of nitrogens with zero attached hydrogens (tertiary/aromatic N) is 1. The Hall–Kier alpha value is -2.34. The van der Waals surface area contributed by atoms with Gasteiger partial charge in [-0.05, 0) is 43.0 Å². The third-order valence-electron chi connectivity index (χ3n) is 3.87. The molecule has 1 aromatic heterocycles. The number of amides is 2. The molecule has 2 N–H and O–H groups in total. The van der Waals surface area contributed by atoms with E-state index in [1.165, 1.54) is 22.6 Å². The molecular formula is C19H25N3O2S. The largest absolute Gasteiger partial charge is 0.370 e. The molecule has 0 aliphatic heterocycles. The van der Waals surface area contributed by atoms with Crippen LogP contribution in [0.3, 0.4) is 0 Å². The summed E-state index contributed by atoms with van der Waals surface area (Å²) in [6, 6.07) is 10.1. The number of likely N-dealkylation sites (N-methyl/N-ethyl adjacent to an activating group) is 1. The zero-order valence-corrected chi connectivity index (χ0v) is 15.6. The summed E-state index contributed by atoms with van der Waals surface area (Å²) in [6.45, 7) is 6.74. The molecule has 0 saturated carbocycles. The number of thiophene rings is 1. The fraction of sp³-hybridized carbons (Fsp3) is 0.368. The van der Waals surface area contributed by atoms with E-state index in [1.807, 2.05) is 11.4 Å². The normalized spacial score (nSPS) is 10.3. The maximum absolute atomic E-state index is 11.9. The van der Waals surface area contributed by atoms with Crippen molar-refractivity contribution in [1.82, 2.24) is 10.6 Å². The smallest absolute Gasteiger partial charge is 0.252 e. The van der Waals surface area contributed by atoms with Gasteiger partial charge in [0.05, 0.1) is 0 Å². The topological polar surface area (TPSA) is 61.4 Å².